The molecule has 0 radical (unpaired) electrons. The second-order valence-corrected chi connectivity index (χ2v) is 28.2. The van der Waals surface area contributed by atoms with Crippen molar-refractivity contribution in [3.05, 3.63) is 0 Å². The molecular formula is C24H50Br2O8Si3. The Morgan fingerprint density at radius 3 is 1.22 bits per heavy atom. The quantitative estimate of drug-likeness (QED) is 0.0623. The molecule has 0 aromatic carbocycles. The zero-order valence-electron chi connectivity index (χ0n) is 24.6. The molecule has 0 atom stereocenters. The molecule has 0 aliphatic heterocycles. The Morgan fingerprint density at radius 2 is 0.919 bits per heavy atom. The van der Waals surface area contributed by atoms with Gasteiger partial charge >= 0.3 is 20.5 Å². The van der Waals surface area contributed by atoms with Crippen LogP contribution in [0.4, 0.5) is 0 Å². The van der Waals surface area contributed by atoms with Gasteiger partial charge in [0.2, 0.25) is 0 Å². The topological polar surface area (TPSA) is 89.5 Å². The van der Waals surface area contributed by atoms with Crippen LogP contribution in [0.5, 0.6) is 0 Å². The minimum Gasteiger partial charge on any atom is -0.462 e. The second kappa shape index (κ2) is 16.6. The first kappa shape index (κ1) is 37.4. The van der Waals surface area contributed by atoms with Crippen molar-refractivity contribution in [1.29, 1.82) is 0 Å². The standard InChI is InChI=1S/C24H50Br2O8Si3/c1-23(2,25)21(27)31-17-15-29-13-11-19-35(5,6)33-37(9,10)34-36(7,8)20-12-14-30-16-18-32-22(28)24(3,4)26/h11-20H2,1-10H3. The summed E-state index contributed by atoms with van der Waals surface area (Å²) in [4.78, 5) is 23.4. The van der Waals surface area contributed by atoms with E-state index in [2.05, 4.69) is 71.1 Å². The highest BCUT2D eigenvalue weighted by atomic mass is 79.9. The van der Waals surface area contributed by atoms with Crippen molar-refractivity contribution < 1.29 is 36.8 Å². The molecule has 0 aromatic rings. The van der Waals surface area contributed by atoms with Crippen molar-refractivity contribution in [2.45, 2.75) is 101 Å². The zero-order valence-corrected chi connectivity index (χ0v) is 30.8. The van der Waals surface area contributed by atoms with Gasteiger partial charge < -0.3 is 27.2 Å². The highest BCUT2D eigenvalue weighted by Gasteiger charge is 2.39. The summed E-state index contributed by atoms with van der Waals surface area (Å²) in [5.41, 5.74) is 0. The van der Waals surface area contributed by atoms with Crippen LogP contribution in [0.3, 0.4) is 0 Å². The van der Waals surface area contributed by atoms with Crippen LogP contribution < -0.4 is 0 Å². The third-order valence-electron chi connectivity index (χ3n) is 5.07. The number of ether oxygens (including phenoxy) is 4. The van der Waals surface area contributed by atoms with E-state index in [1.54, 1.807) is 27.7 Å². The van der Waals surface area contributed by atoms with Gasteiger partial charge in [-0.1, -0.05) is 31.9 Å². The average molecular weight is 711 g/mol. The third kappa shape index (κ3) is 20.0. The molecule has 0 unspecified atom stereocenters. The van der Waals surface area contributed by atoms with E-state index in [1.807, 2.05) is 0 Å². The summed E-state index contributed by atoms with van der Waals surface area (Å²) < 4.78 is 33.6. The maximum absolute atomic E-state index is 11.7. The predicted molar refractivity (Wildman–Crippen MR) is 163 cm³/mol. The van der Waals surface area contributed by atoms with Crippen molar-refractivity contribution in [2.24, 2.45) is 0 Å². The molecule has 220 valence electrons. The van der Waals surface area contributed by atoms with Gasteiger partial charge in [-0.05, 0) is 91.9 Å². The molecule has 0 aliphatic carbocycles. The Balaban J connectivity index is 4.17. The number of alkyl halides is 2. The minimum absolute atomic E-state index is 0.257. The molecule has 0 spiro atoms. The maximum atomic E-state index is 11.7. The van der Waals surface area contributed by atoms with E-state index >= 15 is 0 Å². The van der Waals surface area contributed by atoms with Gasteiger partial charge in [0.25, 0.3) is 0 Å². The molecule has 0 N–H and O–H groups in total. The minimum atomic E-state index is -2.28. The predicted octanol–water partition coefficient (Wildman–Crippen LogP) is 6.38. The second-order valence-electron chi connectivity index (χ2n) is 11.8. The Hall–Kier alpha value is 0.391. The molecule has 13 heteroatoms. The number of carbonyl (C=O) groups excluding carboxylic acids is 2. The smallest absolute Gasteiger partial charge is 0.322 e. The molecule has 0 aliphatic rings. The fraction of sp³-hybridized carbons (Fsp3) is 0.917. The van der Waals surface area contributed by atoms with Gasteiger partial charge in [0, 0.05) is 13.2 Å². The summed E-state index contributed by atoms with van der Waals surface area (Å²) in [7, 11) is -6.10. The van der Waals surface area contributed by atoms with Crippen molar-refractivity contribution in [1.82, 2.24) is 0 Å². The van der Waals surface area contributed by atoms with E-state index in [0.717, 1.165) is 24.9 Å². The molecule has 0 rings (SSSR count). The van der Waals surface area contributed by atoms with Gasteiger partial charge in [0.15, 0.2) is 16.6 Å². The lowest BCUT2D eigenvalue weighted by molar-refractivity contribution is -0.147. The molecule has 0 aromatic heterocycles. The monoisotopic (exact) mass is 708 g/mol. The molecule has 0 saturated heterocycles. The van der Waals surface area contributed by atoms with Crippen molar-refractivity contribution in [3.63, 3.8) is 0 Å². The Bertz CT molecular complexity index is 636. The largest absolute Gasteiger partial charge is 0.462 e. The lowest BCUT2D eigenvalue weighted by Gasteiger charge is -2.38. The number of hydrogen-bond acceptors (Lipinski definition) is 8. The van der Waals surface area contributed by atoms with Gasteiger partial charge in [0.1, 0.15) is 21.9 Å². The number of carbonyl (C=O) groups is 2. The molecular weight excluding hydrogens is 660 g/mol. The van der Waals surface area contributed by atoms with Crippen molar-refractivity contribution >= 4 is 69.0 Å². The van der Waals surface area contributed by atoms with Crippen LogP contribution in [0.25, 0.3) is 0 Å². The van der Waals surface area contributed by atoms with E-state index in [1.165, 1.54) is 0 Å². The summed E-state index contributed by atoms with van der Waals surface area (Å²) in [5, 5.41) is 0. The number of esters is 2. The Morgan fingerprint density at radius 1 is 0.595 bits per heavy atom. The molecule has 0 bridgehead atoms. The summed E-state index contributed by atoms with van der Waals surface area (Å²) in [6, 6.07) is 1.96. The highest BCUT2D eigenvalue weighted by Crippen LogP contribution is 2.26. The van der Waals surface area contributed by atoms with Crippen LogP contribution >= 0.6 is 31.9 Å². The van der Waals surface area contributed by atoms with Gasteiger partial charge in [-0.2, -0.15) is 0 Å². The Labute approximate surface area is 245 Å². The third-order valence-corrected chi connectivity index (χ3v) is 17.2. The summed E-state index contributed by atoms with van der Waals surface area (Å²) in [5.74, 6) is -0.580. The van der Waals surface area contributed by atoms with Gasteiger partial charge in [-0.25, -0.2) is 0 Å². The molecule has 8 nitrogen and oxygen atoms in total. The fourth-order valence-electron chi connectivity index (χ4n) is 3.59. The lowest BCUT2D eigenvalue weighted by atomic mass is 10.2. The lowest BCUT2D eigenvalue weighted by Crippen LogP contribution is -2.52. The van der Waals surface area contributed by atoms with Crippen molar-refractivity contribution in [2.75, 3.05) is 39.6 Å². The molecule has 0 fully saturated rings. The van der Waals surface area contributed by atoms with Crippen LogP contribution in [-0.4, -0.2) is 85.4 Å². The summed E-state index contributed by atoms with van der Waals surface area (Å²) in [6.07, 6.45) is 1.81. The Kier molecular flexibility index (Phi) is 16.8. The highest BCUT2D eigenvalue weighted by molar-refractivity contribution is 9.10. The van der Waals surface area contributed by atoms with E-state index in [0.29, 0.717) is 26.4 Å². The summed E-state index contributed by atoms with van der Waals surface area (Å²) >= 11 is 6.57. The maximum Gasteiger partial charge on any atom is 0.322 e. The summed E-state index contributed by atoms with van der Waals surface area (Å²) in [6.45, 7) is 22.8. The molecule has 0 saturated carbocycles. The number of hydrogen-bond donors (Lipinski definition) is 0. The van der Waals surface area contributed by atoms with E-state index < -0.39 is 33.8 Å². The first-order valence-corrected chi connectivity index (χ1v) is 23.6. The average Bonchev–Trinajstić information content (AvgIpc) is 2.68. The zero-order chi connectivity index (χ0) is 29.0. The number of halogens is 2. The van der Waals surface area contributed by atoms with Crippen LogP contribution in [0, 0.1) is 0 Å². The first-order valence-electron chi connectivity index (χ1n) is 13.0. The number of rotatable bonds is 20. The van der Waals surface area contributed by atoms with E-state index in [4.69, 9.17) is 27.2 Å². The van der Waals surface area contributed by atoms with Crippen LogP contribution in [-0.2, 0) is 36.8 Å². The van der Waals surface area contributed by atoms with Crippen molar-refractivity contribution in [3.8, 4) is 0 Å². The first-order chi connectivity index (χ1) is 16.7. The fourth-order valence-corrected chi connectivity index (χ4v) is 17.8. The van der Waals surface area contributed by atoms with Crippen LogP contribution in [0.2, 0.25) is 51.4 Å². The van der Waals surface area contributed by atoms with Gasteiger partial charge in [0.05, 0.1) is 13.2 Å². The van der Waals surface area contributed by atoms with Gasteiger partial charge in [-0.15, -0.1) is 0 Å². The van der Waals surface area contributed by atoms with E-state index in [9.17, 15) is 9.59 Å². The molecule has 37 heavy (non-hydrogen) atoms. The van der Waals surface area contributed by atoms with Crippen LogP contribution in [0.1, 0.15) is 40.5 Å². The molecule has 0 amide bonds. The van der Waals surface area contributed by atoms with Crippen LogP contribution in [0.15, 0.2) is 0 Å². The van der Waals surface area contributed by atoms with Gasteiger partial charge in [-0.3, -0.25) is 9.59 Å². The SMILES string of the molecule is CC(C)(Br)C(=O)OCCOCCC[Si](C)(C)O[Si](C)(C)O[Si](C)(C)CCCOCCOC(=O)C(C)(C)Br. The van der Waals surface area contributed by atoms with E-state index in [-0.39, 0.29) is 25.2 Å². The molecule has 0 heterocycles. The normalized spacial score (nSPS) is 13.5.